The Labute approximate surface area is 124 Å². The van der Waals surface area contributed by atoms with Crippen LogP contribution in [0.15, 0.2) is 24.3 Å². The molecule has 3 rings (SSSR count). The first-order valence-corrected chi connectivity index (χ1v) is 7.28. The predicted molar refractivity (Wildman–Crippen MR) is 80.2 cm³/mol. The number of aromatic amines is 1. The number of aromatic nitrogens is 2. The van der Waals surface area contributed by atoms with Crippen LogP contribution in [0, 0.1) is 5.82 Å². The van der Waals surface area contributed by atoms with Crippen LogP contribution in [0.25, 0.3) is 0 Å². The third-order valence-corrected chi connectivity index (χ3v) is 3.88. The maximum atomic E-state index is 12.9. The molecule has 1 aromatic carbocycles. The van der Waals surface area contributed by atoms with E-state index in [2.05, 4.69) is 34.1 Å². The van der Waals surface area contributed by atoms with Gasteiger partial charge in [-0.2, -0.15) is 5.10 Å². The zero-order valence-electron chi connectivity index (χ0n) is 12.6. The molecule has 0 saturated heterocycles. The second-order valence-corrected chi connectivity index (χ2v) is 5.95. The summed E-state index contributed by atoms with van der Waals surface area (Å²) in [6.45, 7) is 3.63. The molecule has 0 amide bonds. The van der Waals surface area contributed by atoms with Crippen LogP contribution in [-0.2, 0) is 26.1 Å². The number of nitrogens with one attached hydrogen (secondary N) is 1. The summed E-state index contributed by atoms with van der Waals surface area (Å²) in [6, 6.07) is 6.76. The van der Waals surface area contributed by atoms with Gasteiger partial charge in [0.15, 0.2) is 0 Å². The lowest BCUT2D eigenvalue weighted by molar-refractivity contribution is 0.242. The van der Waals surface area contributed by atoms with Gasteiger partial charge in [-0.25, -0.2) is 4.39 Å². The fraction of sp³-hybridized carbons (Fsp3) is 0.438. The van der Waals surface area contributed by atoms with Crippen molar-refractivity contribution in [3.8, 4) is 0 Å². The minimum atomic E-state index is -0.179. The lowest BCUT2D eigenvalue weighted by atomic mass is 10.0. The number of rotatable bonds is 4. The zero-order chi connectivity index (χ0) is 14.8. The van der Waals surface area contributed by atoms with Crippen LogP contribution in [0.5, 0.6) is 0 Å². The Hall–Kier alpha value is -1.72. The first kappa shape index (κ1) is 14.2. The molecule has 2 heterocycles. The largest absolute Gasteiger partial charge is 0.303 e. The highest BCUT2D eigenvalue weighted by atomic mass is 19.1. The quantitative estimate of drug-likeness (QED) is 0.936. The topological polar surface area (TPSA) is 35.2 Å². The molecule has 112 valence electrons. The first-order valence-electron chi connectivity index (χ1n) is 7.28. The SMILES string of the molecule is CN(C)Cc1n[nH]c2c1CCN(Cc1ccc(F)cc1)C2. The van der Waals surface area contributed by atoms with Crippen molar-refractivity contribution < 1.29 is 4.39 Å². The highest BCUT2D eigenvalue weighted by molar-refractivity contribution is 5.28. The molecule has 4 nitrogen and oxygen atoms in total. The molecular weight excluding hydrogens is 267 g/mol. The number of benzene rings is 1. The van der Waals surface area contributed by atoms with Crippen molar-refractivity contribution in [3.05, 3.63) is 52.6 Å². The monoisotopic (exact) mass is 288 g/mol. The van der Waals surface area contributed by atoms with Crippen molar-refractivity contribution in [1.82, 2.24) is 20.0 Å². The third-order valence-electron chi connectivity index (χ3n) is 3.88. The molecule has 1 N–H and O–H groups in total. The van der Waals surface area contributed by atoms with E-state index in [1.807, 2.05) is 12.1 Å². The maximum Gasteiger partial charge on any atom is 0.123 e. The first-order chi connectivity index (χ1) is 10.1. The van der Waals surface area contributed by atoms with Gasteiger partial charge >= 0.3 is 0 Å². The van der Waals surface area contributed by atoms with Gasteiger partial charge in [-0.1, -0.05) is 12.1 Å². The molecule has 0 aliphatic carbocycles. The number of nitrogens with zero attached hydrogens (tertiary/aromatic N) is 3. The average Bonchev–Trinajstić information content (AvgIpc) is 2.83. The van der Waals surface area contributed by atoms with Gasteiger partial charge in [0.1, 0.15) is 5.82 Å². The minimum Gasteiger partial charge on any atom is -0.303 e. The van der Waals surface area contributed by atoms with Gasteiger partial charge in [0.05, 0.1) is 11.4 Å². The molecule has 1 aromatic heterocycles. The summed E-state index contributed by atoms with van der Waals surface area (Å²) in [5, 5.41) is 7.63. The van der Waals surface area contributed by atoms with Crippen molar-refractivity contribution in [3.63, 3.8) is 0 Å². The fourth-order valence-electron chi connectivity index (χ4n) is 2.86. The zero-order valence-corrected chi connectivity index (χ0v) is 12.6. The molecule has 0 radical (unpaired) electrons. The Morgan fingerprint density at radius 1 is 1.29 bits per heavy atom. The summed E-state index contributed by atoms with van der Waals surface area (Å²) < 4.78 is 12.9. The van der Waals surface area contributed by atoms with Crippen LogP contribution in [-0.4, -0.2) is 40.6 Å². The molecule has 0 saturated carbocycles. The van der Waals surface area contributed by atoms with Crippen molar-refractivity contribution in [1.29, 1.82) is 0 Å². The number of hydrogen-bond acceptors (Lipinski definition) is 3. The Bertz CT molecular complexity index is 603. The summed E-state index contributed by atoms with van der Waals surface area (Å²) >= 11 is 0. The van der Waals surface area contributed by atoms with Crippen LogP contribution in [0.3, 0.4) is 0 Å². The second kappa shape index (κ2) is 5.95. The van der Waals surface area contributed by atoms with E-state index in [-0.39, 0.29) is 5.82 Å². The average molecular weight is 288 g/mol. The molecule has 1 aliphatic heterocycles. The van der Waals surface area contributed by atoms with Gasteiger partial charge in [-0.05, 0) is 38.2 Å². The summed E-state index contributed by atoms with van der Waals surface area (Å²) in [6.07, 6.45) is 1.02. The van der Waals surface area contributed by atoms with E-state index in [9.17, 15) is 4.39 Å². The van der Waals surface area contributed by atoms with Gasteiger partial charge in [0, 0.05) is 31.7 Å². The van der Waals surface area contributed by atoms with Gasteiger partial charge in [0.25, 0.3) is 0 Å². The van der Waals surface area contributed by atoms with E-state index < -0.39 is 0 Å². The lowest BCUT2D eigenvalue weighted by Gasteiger charge is -2.27. The van der Waals surface area contributed by atoms with Crippen molar-refractivity contribution in [2.24, 2.45) is 0 Å². The molecule has 21 heavy (non-hydrogen) atoms. The van der Waals surface area contributed by atoms with Crippen molar-refractivity contribution in [2.45, 2.75) is 26.1 Å². The minimum absolute atomic E-state index is 0.179. The summed E-state index contributed by atoms with van der Waals surface area (Å²) in [4.78, 5) is 4.51. The van der Waals surface area contributed by atoms with Crippen LogP contribution in [0.2, 0.25) is 0 Å². The fourth-order valence-corrected chi connectivity index (χ4v) is 2.86. The maximum absolute atomic E-state index is 12.9. The molecule has 0 unspecified atom stereocenters. The van der Waals surface area contributed by atoms with Crippen molar-refractivity contribution >= 4 is 0 Å². The van der Waals surface area contributed by atoms with E-state index in [0.717, 1.165) is 43.9 Å². The van der Waals surface area contributed by atoms with Gasteiger partial charge < -0.3 is 4.90 Å². The van der Waals surface area contributed by atoms with E-state index in [4.69, 9.17) is 0 Å². The molecule has 0 atom stereocenters. The summed E-state index contributed by atoms with van der Waals surface area (Å²) in [7, 11) is 4.12. The molecular formula is C16H21FN4. The Balaban J connectivity index is 1.67. The van der Waals surface area contributed by atoms with E-state index >= 15 is 0 Å². The normalized spacial score (nSPS) is 15.4. The number of hydrogen-bond donors (Lipinski definition) is 1. The highest BCUT2D eigenvalue weighted by Crippen LogP contribution is 2.22. The van der Waals surface area contributed by atoms with Gasteiger partial charge in [-0.3, -0.25) is 10.00 Å². The van der Waals surface area contributed by atoms with Crippen LogP contribution in [0.4, 0.5) is 4.39 Å². The molecule has 5 heteroatoms. The standard InChI is InChI=1S/C16H21FN4/c1-20(2)10-15-14-7-8-21(11-16(14)19-18-15)9-12-3-5-13(17)6-4-12/h3-6H,7-11H2,1-2H3,(H,18,19). The summed E-state index contributed by atoms with van der Waals surface area (Å²) in [5.41, 5.74) is 4.91. The van der Waals surface area contributed by atoms with Crippen molar-refractivity contribution in [2.75, 3.05) is 20.6 Å². The summed E-state index contributed by atoms with van der Waals surface area (Å²) in [5.74, 6) is -0.179. The Kier molecular flexibility index (Phi) is 4.03. The number of halogens is 1. The molecule has 0 fully saturated rings. The van der Waals surface area contributed by atoms with Crippen LogP contribution < -0.4 is 0 Å². The Morgan fingerprint density at radius 2 is 2.05 bits per heavy atom. The highest BCUT2D eigenvalue weighted by Gasteiger charge is 2.21. The van der Waals surface area contributed by atoms with Gasteiger partial charge in [0.2, 0.25) is 0 Å². The molecule has 1 aliphatic rings. The second-order valence-electron chi connectivity index (χ2n) is 5.95. The smallest absolute Gasteiger partial charge is 0.123 e. The lowest BCUT2D eigenvalue weighted by Crippen LogP contribution is -2.30. The number of H-pyrrole nitrogens is 1. The van der Waals surface area contributed by atoms with E-state index in [1.165, 1.54) is 23.4 Å². The molecule has 0 bridgehead atoms. The van der Waals surface area contributed by atoms with E-state index in [1.54, 1.807) is 0 Å². The number of fused-ring (bicyclic) bond motifs is 1. The third kappa shape index (κ3) is 3.31. The van der Waals surface area contributed by atoms with Crippen LogP contribution >= 0.6 is 0 Å². The molecule has 0 spiro atoms. The molecule has 2 aromatic rings. The Morgan fingerprint density at radius 3 is 2.76 bits per heavy atom. The van der Waals surface area contributed by atoms with Crippen LogP contribution in [0.1, 0.15) is 22.5 Å². The predicted octanol–water partition coefficient (Wildman–Crippen LogP) is 2.17. The van der Waals surface area contributed by atoms with E-state index in [0.29, 0.717) is 0 Å². The van der Waals surface area contributed by atoms with Gasteiger partial charge in [-0.15, -0.1) is 0 Å².